The molecule has 0 fully saturated rings. The number of hydrogen-bond acceptors (Lipinski definition) is 16. The SMILES string of the molecule is CC(C)C[C@H](NC(=O)[C@H](C)NC(=O)[C@@H](N)CCCCN)C(=O)N[C@@H](CCCN=C(N)N)C(=O)N[C@@H](C)C(=O)N[C@@H](CCCCN)C(=O)N[C@H](C(=O)N[C@@H](CC(N)=O)C(=O)N[C@H](C(=O)O)[C@@H](C)O)[C@@H](C)O. The number of nitrogens with zero attached hydrogens (tertiary/aromatic N) is 1. The van der Waals surface area contributed by atoms with Crippen molar-refractivity contribution in [2.24, 2.45) is 45.3 Å². The Bertz CT molecular complexity index is 1780. The smallest absolute Gasteiger partial charge is 0.328 e. The molecule has 0 aromatic rings. The van der Waals surface area contributed by atoms with Crippen LogP contribution in [-0.2, 0) is 47.9 Å². The molecule has 9 amide bonds. The quantitative estimate of drug-likeness (QED) is 0.0159. The number of guanidine groups is 1. The number of carboxylic acid groups (broad SMARTS) is 1. The van der Waals surface area contributed by atoms with Gasteiger partial charge in [0.15, 0.2) is 12.0 Å². The van der Waals surface area contributed by atoms with Gasteiger partial charge in [-0.25, -0.2) is 4.79 Å². The van der Waals surface area contributed by atoms with Crippen LogP contribution in [0.4, 0.5) is 0 Å². The highest BCUT2D eigenvalue weighted by molar-refractivity contribution is 5.98. The van der Waals surface area contributed by atoms with Gasteiger partial charge in [-0.15, -0.1) is 0 Å². The molecule has 28 heteroatoms. The monoisotopic (exact) mass is 1000 g/mol. The normalized spacial score (nSPS) is 15.8. The Kier molecular flexibility index (Phi) is 30.4. The molecular formula is C42H79N15O13. The fraction of sp³-hybridized carbons (Fsp3) is 0.738. The maximum absolute atomic E-state index is 13.8. The highest BCUT2D eigenvalue weighted by atomic mass is 16.4. The molecule has 0 unspecified atom stereocenters. The Hall–Kier alpha value is -6.23. The predicted molar refractivity (Wildman–Crippen MR) is 255 cm³/mol. The Morgan fingerprint density at radius 2 is 0.900 bits per heavy atom. The molecule has 0 heterocycles. The maximum Gasteiger partial charge on any atom is 0.328 e. The van der Waals surface area contributed by atoms with E-state index in [1.54, 1.807) is 13.8 Å². The number of carbonyl (C=O) groups excluding carboxylic acids is 9. The Balaban J connectivity index is 6.35. The molecule has 400 valence electrons. The lowest BCUT2D eigenvalue weighted by Gasteiger charge is -2.28. The van der Waals surface area contributed by atoms with Crippen LogP contribution in [-0.4, -0.2) is 167 Å². The van der Waals surface area contributed by atoms with E-state index >= 15 is 0 Å². The molecule has 23 N–H and O–H groups in total. The second-order valence-electron chi connectivity index (χ2n) is 17.4. The molecule has 0 bridgehead atoms. The Morgan fingerprint density at radius 3 is 1.37 bits per heavy atom. The van der Waals surface area contributed by atoms with Crippen LogP contribution in [0.15, 0.2) is 4.99 Å². The number of unbranched alkanes of at least 4 members (excludes halogenated alkanes) is 2. The third-order valence-electron chi connectivity index (χ3n) is 10.5. The van der Waals surface area contributed by atoms with E-state index in [2.05, 4.69) is 42.2 Å². The largest absolute Gasteiger partial charge is 0.480 e. The lowest BCUT2D eigenvalue weighted by Crippen LogP contribution is -2.62. The molecule has 0 radical (unpaired) electrons. The van der Waals surface area contributed by atoms with Crippen molar-refractivity contribution in [2.45, 2.75) is 172 Å². The summed E-state index contributed by atoms with van der Waals surface area (Å²) in [6.07, 6.45) is -1.70. The molecule has 0 aromatic carbocycles. The van der Waals surface area contributed by atoms with Crippen molar-refractivity contribution in [3.8, 4) is 0 Å². The predicted octanol–water partition coefficient (Wildman–Crippen LogP) is -6.69. The van der Waals surface area contributed by atoms with Gasteiger partial charge in [-0.05, 0) is 98.1 Å². The topological polar surface area (TPSA) is 496 Å². The van der Waals surface area contributed by atoms with Gasteiger partial charge in [0.2, 0.25) is 53.2 Å². The van der Waals surface area contributed by atoms with Crippen molar-refractivity contribution in [1.29, 1.82) is 0 Å². The molecule has 0 aliphatic rings. The van der Waals surface area contributed by atoms with Crippen LogP contribution in [0.5, 0.6) is 0 Å². The highest BCUT2D eigenvalue weighted by Crippen LogP contribution is 2.10. The van der Waals surface area contributed by atoms with Gasteiger partial charge in [0.25, 0.3) is 0 Å². The summed E-state index contributed by atoms with van der Waals surface area (Å²) in [7, 11) is 0. The first-order valence-electron chi connectivity index (χ1n) is 23.2. The van der Waals surface area contributed by atoms with Gasteiger partial charge in [-0.3, -0.25) is 48.1 Å². The minimum absolute atomic E-state index is 0.0496. The lowest BCUT2D eigenvalue weighted by molar-refractivity contribution is -0.145. The molecule has 0 saturated carbocycles. The van der Waals surface area contributed by atoms with E-state index in [-0.39, 0.29) is 57.1 Å². The minimum Gasteiger partial charge on any atom is -0.480 e. The number of aliphatic hydroxyl groups excluding tert-OH is 2. The summed E-state index contributed by atoms with van der Waals surface area (Å²) in [6.45, 7) is 9.15. The first-order valence-corrected chi connectivity index (χ1v) is 23.2. The number of carbonyl (C=O) groups is 10. The fourth-order valence-electron chi connectivity index (χ4n) is 6.48. The molecule has 0 aliphatic carbocycles. The van der Waals surface area contributed by atoms with E-state index in [0.717, 1.165) is 13.8 Å². The molecule has 0 spiro atoms. The van der Waals surface area contributed by atoms with Gasteiger partial charge in [0, 0.05) is 6.54 Å². The maximum atomic E-state index is 13.8. The summed E-state index contributed by atoms with van der Waals surface area (Å²) in [6, 6.07) is -12.8. The third-order valence-corrected chi connectivity index (χ3v) is 10.5. The molecule has 70 heavy (non-hydrogen) atoms. The second-order valence-corrected chi connectivity index (χ2v) is 17.4. The molecule has 0 rings (SSSR count). The molecule has 0 aliphatic heterocycles. The van der Waals surface area contributed by atoms with Crippen LogP contribution in [0.2, 0.25) is 0 Å². The summed E-state index contributed by atoms with van der Waals surface area (Å²) in [5, 5.41) is 48.9. The zero-order valence-electron chi connectivity index (χ0n) is 41.0. The standard InChI is InChI=1S/C42H79N15O13/c1-20(2)18-28(54-34(62)21(3)50-35(63)25(45)12-7-9-15-43)38(66)53-27(14-11-17-49-42(47)48)36(64)51-22(4)33(61)52-26(13-8-10-16-44)37(65)56-31(23(5)58)40(68)55-29(19-30(46)60)39(67)57-32(24(6)59)41(69)70/h20-29,31-32,58-59H,7-19,43-45H2,1-6H3,(H2,46,60)(H,50,63)(H,51,64)(H,52,61)(H,53,66)(H,54,62)(H,55,68)(H,56,65)(H,57,67)(H,69,70)(H4,47,48,49)/t21-,22-,23+,24+,25-,26-,27-,28-,29-,31-,32-/m0/s1. The van der Waals surface area contributed by atoms with E-state index in [1.165, 1.54) is 13.8 Å². The summed E-state index contributed by atoms with van der Waals surface area (Å²) in [4.78, 5) is 134. The van der Waals surface area contributed by atoms with Gasteiger partial charge in [0.1, 0.15) is 42.3 Å². The molecular weight excluding hydrogens is 923 g/mol. The fourth-order valence-corrected chi connectivity index (χ4v) is 6.48. The van der Waals surface area contributed by atoms with Crippen molar-refractivity contribution in [1.82, 2.24) is 42.5 Å². The van der Waals surface area contributed by atoms with Crippen molar-refractivity contribution in [3.63, 3.8) is 0 Å². The number of primary amides is 1. The van der Waals surface area contributed by atoms with Crippen LogP contribution < -0.4 is 76.9 Å². The first-order chi connectivity index (χ1) is 32.7. The first kappa shape index (κ1) is 63.8. The van der Waals surface area contributed by atoms with Gasteiger partial charge in [-0.1, -0.05) is 20.3 Å². The number of rotatable bonds is 35. The molecule has 11 atom stereocenters. The number of nitrogens with two attached hydrogens (primary N) is 6. The molecule has 0 aromatic heterocycles. The number of amides is 9. The van der Waals surface area contributed by atoms with Gasteiger partial charge >= 0.3 is 5.97 Å². The molecule has 28 nitrogen and oxygen atoms in total. The van der Waals surface area contributed by atoms with Crippen molar-refractivity contribution in [2.75, 3.05) is 19.6 Å². The van der Waals surface area contributed by atoms with E-state index < -0.39 is 132 Å². The number of nitrogens with one attached hydrogen (secondary N) is 8. The van der Waals surface area contributed by atoms with Crippen LogP contribution in [0.3, 0.4) is 0 Å². The Morgan fingerprint density at radius 1 is 0.486 bits per heavy atom. The van der Waals surface area contributed by atoms with Gasteiger partial charge < -0.3 is 92.3 Å². The Labute approximate surface area is 407 Å². The van der Waals surface area contributed by atoms with Gasteiger partial charge in [0.05, 0.1) is 24.7 Å². The van der Waals surface area contributed by atoms with E-state index in [0.29, 0.717) is 32.2 Å². The minimum atomic E-state index is -1.85. The zero-order chi connectivity index (χ0) is 53.8. The number of aliphatic imine (C=N–C) groups is 1. The van der Waals surface area contributed by atoms with Crippen LogP contribution in [0.1, 0.15) is 106 Å². The zero-order valence-corrected chi connectivity index (χ0v) is 41.0. The average molecular weight is 1000 g/mol. The molecule has 0 saturated heterocycles. The number of hydrogen-bond donors (Lipinski definition) is 17. The number of aliphatic carboxylic acids is 1. The van der Waals surface area contributed by atoms with Crippen molar-refractivity contribution < 1.29 is 63.3 Å². The number of carboxylic acids is 1. The lowest BCUT2D eigenvalue weighted by atomic mass is 10.0. The summed E-state index contributed by atoms with van der Waals surface area (Å²) in [5.41, 5.74) is 33.2. The number of aliphatic hydroxyl groups is 2. The summed E-state index contributed by atoms with van der Waals surface area (Å²) < 4.78 is 0. The van der Waals surface area contributed by atoms with Crippen molar-refractivity contribution in [3.05, 3.63) is 0 Å². The average Bonchev–Trinajstić information content (AvgIpc) is 3.26. The van der Waals surface area contributed by atoms with Crippen LogP contribution in [0.25, 0.3) is 0 Å². The third kappa shape index (κ3) is 25.4. The van der Waals surface area contributed by atoms with E-state index in [1.807, 2.05) is 5.32 Å². The van der Waals surface area contributed by atoms with Gasteiger partial charge in [-0.2, -0.15) is 0 Å². The van der Waals surface area contributed by atoms with Crippen LogP contribution in [0, 0.1) is 5.92 Å². The highest BCUT2D eigenvalue weighted by Gasteiger charge is 2.36. The van der Waals surface area contributed by atoms with Crippen LogP contribution >= 0.6 is 0 Å². The van der Waals surface area contributed by atoms with E-state index in [4.69, 9.17) is 34.4 Å². The summed E-state index contributed by atoms with van der Waals surface area (Å²) in [5.74, 6) is -10.4. The van der Waals surface area contributed by atoms with Crippen molar-refractivity contribution >= 4 is 65.1 Å². The van der Waals surface area contributed by atoms with E-state index in [9.17, 15) is 63.3 Å². The second kappa shape index (κ2) is 33.3. The summed E-state index contributed by atoms with van der Waals surface area (Å²) >= 11 is 0.